The predicted octanol–water partition coefficient (Wildman–Crippen LogP) is 12.6. The van der Waals surface area contributed by atoms with Crippen molar-refractivity contribution >= 4 is 25.2 Å². The van der Waals surface area contributed by atoms with Crippen LogP contribution in [0, 0.1) is 34.5 Å². The smallest absolute Gasteiger partial charge is 0.311 e. The number of aromatic amines is 1. The summed E-state index contributed by atoms with van der Waals surface area (Å²) in [6.07, 6.45) is 6.66. The standard InChI is InChI=1S/C51H75NO5Si/c1-26(2)44-39(56-47(53)48(9,10)11)24-33-34-17-18-35-45-43-42-37(52-46(43)51(35,15)50(34,14)21-20-38(33)55-44)19-16-30-22-31(25-54-58(27(3)4,28(5)6)29(7)8)32-23-36(41(32)40(30)42)49(12,13)57-45/h16,19,27-29,31-32,35-36,38-39,41,44-45,52H,1,17-18,20-25H2,2-15H3/t31-,32-,35+,36+,38-,39-,41+,44-,45+,50+,51-/m1/s1. The molecule has 1 aromatic carbocycles. The lowest BCUT2D eigenvalue weighted by Crippen LogP contribution is -2.57. The van der Waals surface area contributed by atoms with Crippen LogP contribution in [-0.2, 0) is 35.3 Å². The average Bonchev–Trinajstić information content (AvgIpc) is 3.60. The van der Waals surface area contributed by atoms with E-state index in [0.717, 1.165) is 50.7 Å². The molecule has 2 saturated carbocycles. The second kappa shape index (κ2) is 13.4. The third-order valence-electron chi connectivity index (χ3n) is 18.1. The quantitative estimate of drug-likeness (QED) is 0.163. The predicted molar refractivity (Wildman–Crippen MR) is 237 cm³/mol. The molecule has 0 amide bonds. The molecule has 0 unspecified atom stereocenters. The summed E-state index contributed by atoms with van der Waals surface area (Å²) in [7, 11) is -1.98. The largest absolute Gasteiger partial charge is 0.458 e. The zero-order chi connectivity index (χ0) is 41.8. The summed E-state index contributed by atoms with van der Waals surface area (Å²) in [4.78, 5) is 17.5. The van der Waals surface area contributed by atoms with Crippen LogP contribution < -0.4 is 0 Å². The van der Waals surface area contributed by atoms with Gasteiger partial charge in [-0.15, -0.1) is 0 Å². The van der Waals surface area contributed by atoms with Crippen LogP contribution in [-0.4, -0.2) is 49.8 Å². The highest BCUT2D eigenvalue weighted by atomic mass is 28.4. The zero-order valence-electron chi connectivity index (χ0n) is 38.5. The normalized spacial score (nSPS) is 37.3. The first-order chi connectivity index (χ1) is 27.1. The van der Waals surface area contributed by atoms with Gasteiger partial charge in [-0.05, 0) is 149 Å². The van der Waals surface area contributed by atoms with Gasteiger partial charge in [-0.3, -0.25) is 4.79 Å². The van der Waals surface area contributed by atoms with Crippen LogP contribution in [0.3, 0.4) is 0 Å². The van der Waals surface area contributed by atoms with Gasteiger partial charge in [-0.2, -0.15) is 0 Å². The van der Waals surface area contributed by atoms with E-state index in [1.807, 2.05) is 27.7 Å². The Bertz CT molecular complexity index is 2040. The molecule has 0 radical (unpaired) electrons. The van der Waals surface area contributed by atoms with Crippen LogP contribution in [0.25, 0.3) is 10.9 Å². The summed E-state index contributed by atoms with van der Waals surface area (Å²) < 4.78 is 28.3. The second-order valence-electron chi connectivity index (χ2n) is 23.3. The molecule has 1 N–H and O–H groups in total. The van der Waals surface area contributed by atoms with Crippen molar-refractivity contribution < 1.29 is 23.4 Å². The van der Waals surface area contributed by atoms with Crippen LogP contribution in [0.4, 0.5) is 0 Å². The van der Waals surface area contributed by atoms with Crippen LogP contribution in [0.1, 0.15) is 170 Å². The lowest BCUT2D eigenvalue weighted by atomic mass is 9.47. The number of carbonyl (C=O) groups excluding carboxylic acids is 1. The fraction of sp³-hybridized carbons (Fsp3) is 0.745. The number of H-pyrrole nitrogens is 1. The summed E-state index contributed by atoms with van der Waals surface area (Å²) >= 11 is 0. The molecule has 1 aromatic heterocycles. The number of carbonyl (C=O) groups is 1. The molecule has 0 bridgehead atoms. The van der Waals surface area contributed by atoms with Gasteiger partial charge in [0.25, 0.3) is 0 Å². The third-order valence-corrected chi connectivity index (χ3v) is 24.2. The molecule has 7 aliphatic rings. The number of aromatic nitrogens is 1. The molecule has 11 atom stereocenters. The fourth-order valence-corrected chi connectivity index (χ4v) is 20.6. The SMILES string of the molecule is C=C(C)[C@H]1O[C@@H]2CC[C@@]3(C)C(=C2C[C@H]1OC(=O)C(C)(C)C)CC[C@H]1[C@@H]2OC(C)(C)[C@H]4C[C@@H]5[C@@H](CO[Si](C(C)C)(C(C)C)C(C)C)Cc6ccc7[nH]c(c2c7c6[C@@H]54)[C@@]13C. The van der Waals surface area contributed by atoms with E-state index in [0.29, 0.717) is 46.2 Å². The number of esters is 1. The highest BCUT2D eigenvalue weighted by Gasteiger charge is 2.67. The maximum atomic E-state index is 13.3. The summed E-state index contributed by atoms with van der Waals surface area (Å²) in [6.45, 7) is 37.5. The van der Waals surface area contributed by atoms with Crippen molar-refractivity contribution in [3.63, 3.8) is 0 Å². The van der Waals surface area contributed by atoms with E-state index >= 15 is 0 Å². The number of benzene rings is 1. The molecule has 3 fully saturated rings. The topological polar surface area (TPSA) is 69.8 Å². The minimum absolute atomic E-state index is 0.0390. The third kappa shape index (κ3) is 5.46. The highest BCUT2D eigenvalue weighted by Crippen LogP contribution is 2.73. The fourth-order valence-electron chi connectivity index (χ4n) is 15.1. The van der Waals surface area contributed by atoms with Gasteiger partial charge in [0, 0.05) is 51.9 Å². The van der Waals surface area contributed by atoms with Crippen molar-refractivity contribution in [3.8, 4) is 0 Å². The van der Waals surface area contributed by atoms with Crippen LogP contribution in [0.2, 0.25) is 16.6 Å². The Hall–Kier alpha value is -2.19. The molecule has 6 nitrogen and oxygen atoms in total. The number of nitrogens with one attached hydrogen (secondary N) is 1. The molecule has 2 aliphatic heterocycles. The van der Waals surface area contributed by atoms with Gasteiger partial charge < -0.3 is 23.6 Å². The van der Waals surface area contributed by atoms with Gasteiger partial charge in [-0.25, -0.2) is 0 Å². The van der Waals surface area contributed by atoms with E-state index in [2.05, 4.69) is 92.9 Å². The van der Waals surface area contributed by atoms with Crippen LogP contribution >= 0.6 is 0 Å². The lowest BCUT2D eigenvalue weighted by molar-refractivity contribution is -0.181. The van der Waals surface area contributed by atoms with Crippen LogP contribution in [0.15, 0.2) is 35.4 Å². The first-order valence-electron chi connectivity index (χ1n) is 23.3. The van der Waals surface area contributed by atoms with E-state index < -0.39 is 13.7 Å². The van der Waals surface area contributed by atoms with E-state index in [-0.39, 0.29) is 46.8 Å². The molecule has 1 saturated heterocycles. The van der Waals surface area contributed by atoms with E-state index in [4.69, 9.17) is 18.6 Å². The number of rotatable bonds is 8. The molecule has 9 rings (SSSR count). The molecule has 5 aliphatic carbocycles. The number of allylic oxidation sites excluding steroid dienone is 1. The van der Waals surface area contributed by atoms with Crippen molar-refractivity contribution in [2.45, 2.75) is 200 Å². The summed E-state index contributed by atoms with van der Waals surface area (Å²) in [5.41, 5.74) is 12.0. The molecule has 2 aromatic rings. The Morgan fingerprint density at radius 2 is 1.67 bits per heavy atom. The minimum atomic E-state index is -1.98. The van der Waals surface area contributed by atoms with E-state index in [1.165, 1.54) is 34.2 Å². The van der Waals surface area contributed by atoms with Gasteiger partial charge in [-0.1, -0.05) is 73.6 Å². The first kappa shape index (κ1) is 41.2. The Kier molecular flexibility index (Phi) is 9.51. The lowest BCUT2D eigenvalue weighted by Gasteiger charge is -2.60. The van der Waals surface area contributed by atoms with Crippen LogP contribution in [0.5, 0.6) is 0 Å². The van der Waals surface area contributed by atoms with Gasteiger partial charge in [0.1, 0.15) is 12.2 Å². The number of fused-ring (bicyclic) bond motifs is 6. The monoisotopic (exact) mass is 810 g/mol. The molecule has 0 spiro atoms. The van der Waals surface area contributed by atoms with Gasteiger partial charge in [0.05, 0.1) is 23.2 Å². The highest BCUT2D eigenvalue weighted by molar-refractivity contribution is 6.77. The van der Waals surface area contributed by atoms with E-state index in [9.17, 15) is 4.79 Å². The molecular weight excluding hydrogens is 735 g/mol. The Morgan fingerprint density at radius 3 is 2.31 bits per heavy atom. The first-order valence-corrected chi connectivity index (χ1v) is 25.5. The van der Waals surface area contributed by atoms with Crippen molar-refractivity contribution in [2.75, 3.05) is 6.61 Å². The maximum Gasteiger partial charge on any atom is 0.311 e. The Balaban J connectivity index is 1.13. The zero-order valence-corrected chi connectivity index (χ0v) is 39.5. The number of hydrogen-bond acceptors (Lipinski definition) is 5. The summed E-state index contributed by atoms with van der Waals surface area (Å²) in [6, 6.07) is 4.90. The summed E-state index contributed by atoms with van der Waals surface area (Å²) in [5, 5.41) is 1.50. The minimum Gasteiger partial charge on any atom is -0.458 e. The maximum absolute atomic E-state index is 13.3. The van der Waals surface area contributed by atoms with Gasteiger partial charge in [0.2, 0.25) is 0 Å². The molecule has 3 heterocycles. The van der Waals surface area contributed by atoms with Gasteiger partial charge in [0.15, 0.2) is 8.32 Å². The molecule has 7 heteroatoms. The second-order valence-corrected chi connectivity index (χ2v) is 28.7. The molecular formula is C51H75NO5Si. The van der Waals surface area contributed by atoms with Crippen molar-refractivity contribution in [1.82, 2.24) is 4.98 Å². The average molecular weight is 810 g/mol. The van der Waals surface area contributed by atoms with E-state index in [1.54, 1.807) is 16.7 Å². The molecule has 318 valence electrons. The Labute approximate surface area is 351 Å². The number of hydrogen-bond donors (Lipinski definition) is 1. The van der Waals surface area contributed by atoms with Crippen molar-refractivity contribution in [1.29, 1.82) is 0 Å². The Morgan fingerprint density at radius 1 is 0.983 bits per heavy atom. The number of ether oxygens (including phenoxy) is 3. The van der Waals surface area contributed by atoms with Crippen molar-refractivity contribution in [2.24, 2.45) is 34.5 Å². The van der Waals surface area contributed by atoms with Gasteiger partial charge >= 0.3 is 5.97 Å². The molecule has 58 heavy (non-hydrogen) atoms. The summed E-state index contributed by atoms with van der Waals surface area (Å²) in [5.74, 6) is 2.37. The van der Waals surface area contributed by atoms with Crippen molar-refractivity contribution in [3.05, 3.63) is 57.8 Å².